The highest BCUT2D eigenvalue weighted by atomic mass is 79.9. The summed E-state index contributed by atoms with van der Waals surface area (Å²) in [7, 11) is 0. The predicted molar refractivity (Wildman–Crippen MR) is 89.8 cm³/mol. The number of carbonyl (C=O) groups is 1. The molecule has 122 valence electrons. The summed E-state index contributed by atoms with van der Waals surface area (Å²) >= 11 is 3.28. The summed E-state index contributed by atoms with van der Waals surface area (Å²) in [6, 6.07) is 0.0293. The Kier molecular flexibility index (Phi) is 5.45. The largest absolute Gasteiger partial charge is 0.492 e. The number of alkyl halides is 1. The van der Waals surface area contributed by atoms with E-state index in [1.807, 2.05) is 6.92 Å². The molecule has 0 bridgehead atoms. The quantitative estimate of drug-likeness (QED) is 0.444. The normalized spacial score (nSPS) is 29.0. The molecular weight excluding hydrogens is 348 g/mol. The van der Waals surface area contributed by atoms with Gasteiger partial charge in [0, 0.05) is 17.8 Å². The first-order valence-corrected chi connectivity index (χ1v) is 8.62. The van der Waals surface area contributed by atoms with E-state index in [1.165, 1.54) is 0 Å². The number of aliphatic imine (C=N–C) groups is 1. The Morgan fingerprint density at radius 1 is 1.59 bits per heavy atom. The van der Waals surface area contributed by atoms with Gasteiger partial charge in [0.05, 0.1) is 18.4 Å². The maximum Gasteiger partial charge on any atom is 0.228 e. The lowest BCUT2D eigenvalue weighted by Gasteiger charge is -2.48. The fraction of sp³-hybridized carbons (Fsp3) is 0.625. The molecule has 0 saturated heterocycles. The first kappa shape index (κ1) is 17.2. The van der Waals surface area contributed by atoms with Crippen molar-refractivity contribution in [2.24, 2.45) is 4.99 Å². The summed E-state index contributed by atoms with van der Waals surface area (Å²) < 4.78 is 5.36. The van der Waals surface area contributed by atoms with Crippen molar-refractivity contribution in [3.8, 4) is 0 Å². The summed E-state index contributed by atoms with van der Waals surface area (Å²) in [5.74, 6) is 1.23. The minimum absolute atomic E-state index is 0.0293. The van der Waals surface area contributed by atoms with Crippen LogP contribution in [0.3, 0.4) is 0 Å². The van der Waals surface area contributed by atoms with E-state index in [1.54, 1.807) is 18.0 Å². The van der Waals surface area contributed by atoms with Crippen LogP contribution in [-0.2, 0) is 9.53 Å². The van der Waals surface area contributed by atoms with Gasteiger partial charge in [-0.2, -0.15) is 0 Å². The maximum absolute atomic E-state index is 12.3. The fourth-order valence-corrected chi connectivity index (χ4v) is 3.04. The minimum Gasteiger partial charge on any atom is -0.492 e. The van der Waals surface area contributed by atoms with E-state index in [0.29, 0.717) is 37.4 Å². The van der Waals surface area contributed by atoms with Crippen LogP contribution in [-0.4, -0.2) is 45.7 Å². The average Bonchev–Trinajstić information content (AvgIpc) is 2.43. The highest BCUT2D eigenvalue weighted by molar-refractivity contribution is 9.09. The predicted octanol–water partition coefficient (Wildman–Crippen LogP) is 2.75. The summed E-state index contributed by atoms with van der Waals surface area (Å²) in [4.78, 5) is 18.5. The van der Waals surface area contributed by atoms with Crippen molar-refractivity contribution in [1.82, 2.24) is 4.90 Å². The molecule has 2 aliphatic rings. The van der Waals surface area contributed by atoms with Crippen LogP contribution in [0, 0.1) is 0 Å². The van der Waals surface area contributed by atoms with Gasteiger partial charge in [0.1, 0.15) is 11.6 Å². The second-order valence-corrected chi connectivity index (χ2v) is 6.98. The number of aliphatic hydroxyl groups is 1. The minimum atomic E-state index is -0.673. The highest BCUT2D eigenvalue weighted by Gasteiger charge is 2.45. The lowest BCUT2D eigenvalue weighted by Crippen LogP contribution is -2.55. The lowest BCUT2D eigenvalue weighted by molar-refractivity contribution is -0.140. The highest BCUT2D eigenvalue weighted by Crippen LogP contribution is 2.39. The average molecular weight is 371 g/mol. The Balaban J connectivity index is 2.12. The standard InChI is InChI=1S/C16H23BrN2O3/c1-11-4-5-14(20)19(13-8-16(3,21)9-13)15(11)18-10-12(2)22-7-6-17/h10,13,21H,2,4-9H2,1,3H3. The van der Waals surface area contributed by atoms with Gasteiger partial charge in [-0.05, 0) is 38.7 Å². The molecule has 1 amide bonds. The van der Waals surface area contributed by atoms with Gasteiger partial charge < -0.3 is 9.84 Å². The molecule has 1 saturated carbocycles. The molecule has 2 rings (SSSR count). The van der Waals surface area contributed by atoms with Crippen LogP contribution in [0.25, 0.3) is 0 Å². The topological polar surface area (TPSA) is 62.1 Å². The third kappa shape index (κ3) is 3.98. The molecular formula is C16H23BrN2O3. The fourth-order valence-electron chi connectivity index (χ4n) is 2.88. The monoisotopic (exact) mass is 370 g/mol. The Morgan fingerprint density at radius 2 is 2.27 bits per heavy atom. The molecule has 0 aromatic rings. The van der Waals surface area contributed by atoms with Gasteiger partial charge in [0.25, 0.3) is 0 Å². The zero-order valence-electron chi connectivity index (χ0n) is 13.1. The van der Waals surface area contributed by atoms with Crippen molar-refractivity contribution in [3.05, 3.63) is 23.7 Å². The van der Waals surface area contributed by atoms with Crippen molar-refractivity contribution >= 4 is 28.1 Å². The van der Waals surface area contributed by atoms with Crippen molar-refractivity contribution < 1.29 is 14.6 Å². The van der Waals surface area contributed by atoms with Gasteiger partial charge in [-0.25, -0.2) is 4.99 Å². The first-order valence-electron chi connectivity index (χ1n) is 7.50. The van der Waals surface area contributed by atoms with E-state index in [0.717, 1.165) is 17.3 Å². The molecule has 0 atom stereocenters. The third-order valence-corrected chi connectivity index (χ3v) is 4.33. The third-order valence-electron chi connectivity index (χ3n) is 4.00. The van der Waals surface area contributed by atoms with Gasteiger partial charge in [0.2, 0.25) is 5.91 Å². The number of rotatable bonds is 6. The molecule has 1 fully saturated rings. The molecule has 0 spiro atoms. The van der Waals surface area contributed by atoms with Gasteiger partial charge in [-0.1, -0.05) is 22.5 Å². The first-order chi connectivity index (χ1) is 10.3. The number of nitrogens with zero attached hydrogens (tertiary/aromatic N) is 2. The van der Waals surface area contributed by atoms with Crippen LogP contribution in [0.15, 0.2) is 28.7 Å². The molecule has 0 radical (unpaired) electrons. The van der Waals surface area contributed by atoms with Crippen LogP contribution in [0.2, 0.25) is 0 Å². The Hall–Kier alpha value is -1.14. The van der Waals surface area contributed by atoms with Crippen molar-refractivity contribution in [1.29, 1.82) is 0 Å². The Morgan fingerprint density at radius 3 is 2.86 bits per heavy atom. The van der Waals surface area contributed by atoms with E-state index in [4.69, 9.17) is 4.74 Å². The number of hydrogen-bond donors (Lipinski definition) is 1. The number of allylic oxidation sites excluding steroid dienone is 2. The number of amides is 1. The van der Waals surface area contributed by atoms with Gasteiger partial charge >= 0.3 is 0 Å². The maximum atomic E-state index is 12.3. The van der Waals surface area contributed by atoms with Crippen molar-refractivity contribution in [2.45, 2.75) is 51.2 Å². The second-order valence-electron chi connectivity index (χ2n) is 6.19. The number of carbonyl (C=O) groups excluding carboxylic acids is 1. The Bertz CT molecular complexity index is 517. The van der Waals surface area contributed by atoms with Crippen LogP contribution < -0.4 is 0 Å². The van der Waals surface area contributed by atoms with Crippen LogP contribution in [0.5, 0.6) is 0 Å². The lowest BCUT2D eigenvalue weighted by atomic mass is 9.76. The van der Waals surface area contributed by atoms with Gasteiger partial charge in [-0.3, -0.25) is 9.69 Å². The van der Waals surface area contributed by atoms with E-state index in [9.17, 15) is 9.90 Å². The van der Waals surface area contributed by atoms with Crippen molar-refractivity contribution in [2.75, 3.05) is 11.9 Å². The number of halogens is 1. The second kappa shape index (κ2) is 6.96. The van der Waals surface area contributed by atoms with Crippen LogP contribution in [0.4, 0.5) is 0 Å². The summed E-state index contributed by atoms with van der Waals surface area (Å²) in [6.07, 6.45) is 3.96. The van der Waals surface area contributed by atoms with E-state index >= 15 is 0 Å². The molecule has 6 heteroatoms. The summed E-state index contributed by atoms with van der Waals surface area (Å²) in [5.41, 5.74) is 0.406. The van der Waals surface area contributed by atoms with Crippen LogP contribution >= 0.6 is 15.9 Å². The molecule has 5 nitrogen and oxygen atoms in total. The summed E-state index contributed by atoms with van der Waals surface area (Å²) in [6.45, 7) is 8.10. The zero-order valence-corrected chi connectivity index (χ0v) is 14.7. The number of hydrogen-bond acceptors (Lipinski definition) is 4. The van der Waals surface area contributed by atoms with E-state index < -0.39 is 5.60 Å². The molecule has 1 heterocycles. The molecule has 0 unspecified atom stereocenters. The van der Waals surface area contributed by atoms with Gasteiger partial charge in [0.15, 0.2) is 0 Å². The van der Waals surface area contributed by atoms with E-state index in [-0.39, 0.29) is 11.9 Å². The van der Waals surface area contributed by atoms with E-state index in [2.05, 4.69) is 27.5 Å². The van der Waals surface area contributed by atoms with Crippen LogP contribution in [0.1, 0.15) is 39.5 Å². The molecule has 1 N–H and O–H groups in total. The molecule has 22 heavy (non-hydrogen) atoms. The molecule has 1 aliphatic heterocycles. The molecule has 0 aromatic carbocycles. The number of ether oxygens (including phenoxy) is 1. The van der Waals surface area contributed by atoms with Gasteiger partial charge in [-0.15, -0.1) is 0 Å². The van der Waals surface area contributed by atoms with Crippen molar-refractivity contribution in [3.63, 3.8) is 0 Å². The smallest absolute Gasteiger partial charge is 0.228 e. The summed E-state index contributed by atoms with van der Waals surface area (Å²) in [5, 5.41) is 10.7. The molecule has 0 aromatic heterocycles. The SMILES string of the molecule is C=C(C=NC1=C(C)CCC(=O)N1C1CC(C)(O)C1)OCCBr. The zero-order chi connectivity index (χ0) is 16.3. The Labute approximate surface area is 139 Å². The molecule has 1 aliphatic carbocycles.